The van der Waals surface area contributed by atoms with Crippen molar-refractivity contribution in [3.8, 4) is 5.75 Å². The van der Waals surface area contributed by atoms with Gasteiger partial charge in [0.15, 0.2) is 0 Å². The van der Waals surface area contributed by atoms with Gasteiger partial charge in [0.05, 0.1) is 12.5 Å². The molecule has 0 amide bonds. The van der Waals surface area contributed by atoms with Gasteiger partial charge in [-0.25, -0.2) is 0 Å². The monoisotopic (exact) mass is 264 g/mol. The van der Waals surface area contributed by atoms with Gasteiger partial charge in [0, 0.05) is 0 Å². The van der Waals surface area contributed by atoms with Gasteiger partial charge in [0.1, 0.15) is 5.75 Å². The fourth-order valence-electron chi connectivity index (χ4n) is 2.15. The first-order valence-corrected chi connectivity index (χ1v) is 6.68. The average Bonchev–Trinajstić information content (AvgIpc) is 2.25. The second-order valence-corrected chi connectivity index (χ2v) is 6.25. The third-order valence-corrected chi connectivity index (χ3v) is 3.08. The molecule has 0 aromatic heterocycles. The Hall–Kier alpha value is -1.51. The molecule has 1 rings (SSSR count). The van der Waals surface area contributed by atoms with Crippen LogP contribution in [0, 0.1) is 5.41 Å². The molecule has 1 aromatic carbocycles. The first kappa shape index (κ1) is 15.5. The maximum Gasteiger partial charge on any atom is 0.303 e. The second-order valence-electron chi connectivity index (χ2n) is 6.25. The number of benzene rings is 1. The van der Waals surface area contributed by atoms with Crippen molar-refractivity contribution in [3.63, 3.8) is 0 Å². The molecule has 0 aliphatic heterocycles. The molecule has 3 nitrogen and oxygen atoms in total. The number of hydrogen-bond acceptors (Lipinski definition) is 2. The molecular formula is C16H24O3. The fourth-order valence-corrected chi connectivity index (χ4v) is 2.15. The Balaban J connectivity index is 2.94. The van der Waals surface area contributed by atoms with E-state index in [2.05, 4.69) is 20.8 Å². The SMILES string of the molecule is CC(C)Oc1ccc(C(CC(=O)O)C(C)(C)C)cc1. The smallest absolute Gasteiger partial charge is 0.303 e. The molecule has 0 aliphatic carbocycles. The minimum Gasteiger partial charge on any atom is -0.491 e. The predicted molar refractivity (Wildman–Crippen MR) is 76.7 cm³/mol. The lowest BCUT2D eigenvalue weighted by atomic mass is 9.74. The van der Waals surface area contributed by atoms with E-state index in [1.807, 2.05) is 38.1 Å². The van der Waals surface area contributed by atoms with Gasteiger partial charge in [-0.3, -0.25) is 4.79 Å². The van der Waals surface area contributed by atoms with Gasteiger partial charge in [-0.05, 0) is 42.9 Å². The van der Waals surface area contributed by atoms with E-state index in [4.69, 9.17) is 9.84 Å². The summed E-state index contributed by atoms with van der Waals surface area (Å²) in [5, 5.41) is 9.06. The van der Waals surface area contributed by atoms with Crippen LogP contribution in [0.2, 0.25) is 0 Å². The van der Waals surface area contributed by atoms with Crippen LogP contribution in [0.4, 0.5) is 0 Å². The molecule has 0 heterocycles. The molecule has 0 bridgehead atoms. The molecule has 3 heteroatoms. The number of rotatable bonds is 5. The summed E-state index contributed by atoms with van der Waals surface area (Å²) in [5.74, 6) is 0.0577. The van der Waals surface area contributed by atoms with Crippen LogP contribution in [0.25, 0.3) is 0 Å². The van der Waals surface area contributed by atoms with Crippen molar-refractivity contribution in [2.75, 3.05) is 0 Å². The largest absolute Gasteiger partial charge is 0.491 e. The van der Waals surface area contributed by atoms with Crippen molar-refractivity contribution in [2.24, 2.45) is 5.41 Å². The van der Waals surface area contributed by atoms with Crippen molar-refractivity contribution >= 4 is 5.97 Å². The maximum atomic E-state index is 11.0. The topological polar surface area (TPSA) is 46.5 Å². The molecule has 1 aromatic rings. The summed E-state index contributed by atoms with van der Waals surface area (Å²) in [4.78, 5) is 11.0. The van der Waals surface area contributed by atoms with Gasteiger partial charge in [-0.15, -0.1) is 0 Å². The van der Waals surface area contributed by atoms with Crippen molar-refractivity contribution in [1.82, 2.24) is 0 Å². The van der Waals surface area contributed by atoms with Gasteiger partial charge >= 0.3 is 5.97 Å². The maximum absolute atomic E-state index is 11.0. The Morgan fingerprint density at radius 1 is 1.21 bits per heavy atom. The number of carboxylic acid groups (broad SMARTS) is 1. The molecule has 1 unspecified atom stereocenters. The minimum absolute atomic E-state index is 0.00176. The molecule has 0 spiro atoms. The Morgan fingerprint density at radius 2 is 1.74 bits per heavy atom. The highest BCUT2D eigenvalue weighted by Gasteiger charge is 2.28. The van der Waals surface area contributed by atoms with Crippen molar-refractivity contribution in [1.29, 1.82) is 0 Å². The number of hydrogen-bond donors (Lipinski definition) is 1. The first-order chi connectivity index (χ1) is 8.70. The van der Waals surface area contributed by atoms with Crippen LogP contribution in [0.5, 0.6) is 5.75 Å². The minimum atomic E-state index is -0.762. The lowest BCUT2D eigenvalue weighted by Crippen LogP contribution is -2.21. The number of aliphatic carboxylic acids is 1. The molecule has 0 fully saturated rings. The van der Waals surface area contributed by atoms with E-state index in [9.17, 15) is 4.79 Å². The fraction of sp³-hybridized carbons (Fsp3) is 0.562. The number of carbonyl (C=O) groups is 1. The second kappa shape index (κ2) is 6.09. The first-order valence-electron chi connectivity index (χ1n) is 6.68. The van der Waals surface area contributed by atoms with Crippen molar-refractivity contribution in [3.05, 3.63) is 29.8 Å². The predicted octanol–water partition coefficient (Wildman–Crippen LogP) is 4.08. The zero-order chi connectivity index (χ0) is 14.6. The molecule has 106 valence electrons. The molecule has 0 saturated carbocycles. The number of carboxylic acids is 1. The van der Waals surface area contributed by atoms with Crippen LogP contribution in [-0.4, -0.2) is 17.2 Å². The Labute approximate surface area is 115 Å². The van der Waals surface area contributed by atoms with Crippen LogP contribution < -0.4 is 4.74 Å². The number of ether oxygens (including phenoxy) is 1. The molecule has 1 atom stereocenters. The molecule has 1 N–H and O–H groups in total. The third-order valence-electron chi connectivity index (χ3n) is 3.08. The summed E-state index contributed by atoms with van der Waals surface area (Å²) >= 11 is 0. The normalized spacial score (nSPS) is 13.4. The van der Waals surface area contributed by atoms with Crippen LogP contribution in [0.3, 0.4) is 0 Å². The highest BCUT2D eigenvalue weighted by atomic mass is 16.5. The van der Waals surface area contributed by atoms with E-state index in [-0.39, 0.29) is 23.9 Å². The summed E-state index contributed by atoms with van der Waals surface area (Å²) in [5.41, 5.74) is 0.963. The van der Waals surface area contributed by atoms with E-state index in [1.54, 1.807) is 0 Å². The molecular weight excluding hydrogens is 240 g/mol. The molecule has 0 radical (unpaired) electrons. The lowest BCUT2D eigenvalue weighted by Gasteiger charge is -2.30. The molecule has 0 aliphatic rings. The van der Waals surface area contributed by atoms with E-state index in [0.29, 0.717) is 0 Å². The zero-order valence-corrected chi connectivity index (χ0v) is 12.4. The summed E-state index contributed by atoms with van der Waals surface area (Å²) in [6, 6.07) is 7.76. The van der Waals surface area contributed by atoms with E-state index in [1.165, 1.54) is 0 Å². The summed E-state index contributed by atoms with van der Waals surface area (Å²) in [7, 11) is 0. The molecule has 19 heavy (non-hydrogen) atoms. The Bertz CT molecular complexity index is 413. The Morgan fingerprint density at radius 3 is 2.11 bits per heavy atom. The van der Waals surface area contributed by atoms with Crippen LogP contribution in [0.15, 0.2) is 24.3 Å². The summed E-state index contributed by atoms with van der Waals surface area (Å²) < 4.78 is 5.60. The highest BCUT2D eigenvalue weighted by molar-refractivity contribution is 5.68. The van der Waals surface area contributed by atoms with Crippen LogP contribution in [0.1, 0.15) is 52.5 Å². The van der Waals surface area contributed by atoms with E-state index >= 15 is 0 Å². The van der Waals surface area contributed by atoms with Gasteiger partial charge in [-0.2, -0.15) is 0 Å². The standard InChI is InChI=1S/C16H24O3/c1-11(2)19-13-8-6-12(7-9-13)14(10-15(17)18)16(3,4)5/h6-9,11,14H,10H2,1-5H3,(H,17,18). The van der Waals surface area contributed by atoms with Gasteiger partial charge in [0.2, 0.25) is 0 Å². The Kier molecular flexibility index (Phi) is 4.98. The van der Waals surface area contributed by atoms with Gasteiger partial charge in [-0.1, -0.05) is 32.9 Å². The van der Waals surface area contributed by atoms with Gasteiger partial charge in [0.25, 0.3) is 0 Å². The van der Waals surface area contributed by atoms with E-state index < -0.39 is 5.97 Å². The van der Waals surface area contributed by atoms with Crippen LogP contribution in [-0.2, 0) is 4.79 Å². The van der Waals surface area contributed by atoms with Gasteiger partial charge < -0.3 is 9.84 Å². The van der Waals surface area contributed by atoms with Crippen molar-refractivity contribution < 1.29 is 14.6 Å². The summed E-state index contributed by atoms with van der Waals surface area (Å²) in [6.45, 7) is 10.2. The lowest BCUT2D eigenvalue weighted by molar-refractivity contribution is -0.138. The quantitative estimate of drug-likeness (QED) is 0.871. The zero-order valence-electron chi connectivity index (χ0n) is 12.4. The average molecular weight is 264 g/mol. The van der Waals surface area contributed by atoms with E-state index in [0.717, 1.165) is 11.3 Å². The third kappa shape index (κ3) is 4.93. The van der Waals surface area contributed by atoms with Crippen LogP contribution >= 0.6 is 0 Å². The summed E-state index contributed by atoms with van der Waals surface area (Å²) in [6.07, 6.45) is 0.289. The van der Waals surface area contributed by atoms with Crippen molar-refractivity contribution in [2.45, 2.75) is 53.1 Å². The molecule has 0 saturated heterocycles. The highest BCUT2D eigenvalue weighted by Crippen LogP contribution is 2.38.